The van der Waals surface area contributed by atoms with Crippen LogP contribution in [0.5, 0.6) is 0 Å². The lowest BCUT2D eigenvalue weighted by molar-refractivity contribution is 0.102. The van der Waals surface area contributed by atoms with Crippen molar-refractivity contribution in [3.05, 3.63) is 41.1 Å². The highest BCUT2D eigenvalue weighted by Gasteiger charge is 2.13. The van der Waals surface area contributed by atoms with Crippen molar-refractivity contribution in [1.82, 2.24) is 9.78 Å². The summed E-state index contributed by atoms with van der Waals surface area (Å²) in [6.07, 6.45) is 0. The minimum atomic E-state index is -0.143. The van der Waals surface area contributed by atoms with Crippen LogP contribution in [0.1, 0.15) is 21.6 Å². The molecule has 1 aromatic heterocycles. The van der Waals surface area contributed by atoms with Crippen molar-refractivity contribution >= 4 is 17.4 Å². The molecule has 0 saturated heterocycles. The van der Waals surface area contributed by atoms with Crippen LogP contribution in [0.3, 0.4) is 0 Å². The number of aromatic nitrogens is 2. The van der Waals surface area contributed by atoms with Crippen molar-refractivity contribution in [1.29, 1.82) is 0 Å². The predicted molar refractivity (Wildman–Crippen MR) is 76.6 cm³/mol. The lowest BCUT2D eigenvalue weighted by Crippen LogP contribution is -2.16. The summed E-state index contributed by atoms with van der Waals surface area (Å²) < 4.78 is 1.65. The van der Waals surface area contributed by atoms with Crippen LogP contribution in [-0.4, -0.2) is 22.7 Å². The van der Waals surface area contributed by atoms with E-state index in [0.29, 0.717) is 11.4 Å². The average molecular weight is 258 g/mol. The zero-order valence-electron chi connectivity index (χ0n) is 11.6. The number of carbonyl (C=O) groups is 1. The highest BCUT2D eigenvalue weighted by atomic mass is 16.1. The van der Waals surface area contributed by atoms with Gasteiger partial charge in [-0.15, -0.1) is 0 Å². The Morgan fingerprint density at radius 2 is 2.00 bits per heavy atom. The largest absolute Gasteiger partial charge is 0.387 e. The standard InChI is InChI=1S/C14H18N4O/c1-9-5-6-12(15-3)11(7-9)14(19)16-13-8-10(2)17-18(13)4/h5-8,15H,1-4H3,(H,16,19). The lowest BCUT2D eigenvalue weighted by Gasteiger charge is -2.10. The minimum Gasteiger partial charge on any atom is -0.387 e. The quantitative estimate of drug-likeness (QED) is 0.888. The third-order valence-corrected chi connectivity index (χ3v) is 2.93. The Balaban J connectivity index is 2.29. The first-order valence-corrected chi connectivity index (χ1v) is 6.11. The molecule has 0 fully saturated rings. The van der Waals surface area contributed by atoms with Gasteiger partial charge in [-0.25, -0.2) is 0 Å². The van der Waals surface area contributed by atoms with E-state index >= 15 is 0 Å². The zero-order chi connectivity index (χ0) is 14.0. The van der Waals surface area contributed by atoms with Crippen LogP contribution < -0.4 is 10.6 Å². The summed E-state index contributed by atoms with van der Waals surface area (Å²) in [5, 5.41) is 10.1. The van der Waals surface area contributed by atoms with E-state index in [1.165, 1.54) is 0 Å². The van der Waals surface area contributed by atoms with E-state index in [1.54, 1.807) is 18.8 Å². The molecule has 0 saturated carbocycles. The second-order valence-corrected chi connectivity index (χ2v) is 4.55. The zero-order valence-corrected chi connectivity index (χ0v) is 11.6. The molecular formula is C14H18N4O. The maximum absolute atomic E-state index is 12.3. The number of anilines is 2. The van der Waals surface area contributed by atoms with Crippen molar-refractivity contribution < 1.29 is 4.79 Å². The van der Waals surface area contributed by atoms with Crippen molar-refractivity contribution in [2.24, 2.45) is 7.05 Å². The topological polar surface area (TPSA) is 59.0 Å². The number of aryl methyl sites for hydroxylation is 3. The van der Waals surface area contributed by atoms with Gasteiger partial charge in [0.15, 0.2) is 0 Å². The molecule has 0 aliphatic heterocycles. The fourth-order valence-corrected chi connectivity index (χ4v) is 1.98. The molecule has 0 aliphatic rings. The molecule has 1 amide bonds. The Labute approximate surface area is 112 Å². The number of amides is 1. The van der Waals surface area contributed by atoms with Crippen LogP contribution in [0, 0.1) is 13.8 Å². The molecule has 2 rings (SSSR count). The summed E-state index contributed by atoms with van der Waals surface area (Å²) in [7, 11) is 3.60. The van der Waals surface area contributed by atoms with E-state index in [9.17, 15) is 4.79 Å². The molecule has 0 bridgehead atoms. The van der Waals surface area contributed by atoms with Crippen LogP contribution in [0.15, 0.2) is 24.3 Å². The smallest absolute Gasteiger partial charge is 0.258 e. The summed E-state index contributed by atoms with van der Waals surface area (Å²) in [5.41, 5.74) is 3.35. The summed E-state index contributed by atoms with van der Waals surface area (Å²) in [5.74, 6) is 0.544. The van der Waals surface area contributed by atoms with Gasteiger partial charge in [0.05, 0.1) is 11.3 Å². The van der Waals surface area contributed by atoms with Crippen LogP contribution >= 0.6 is 0 Å². The molecular weight excluding hydrogens is 240 g/mol. The highest BCUT2D eigenvalue weighted by Crippen LogP contribution is 2.19. The van der Waals surface area contributed by atoms with Gasteiger partial charge in [-0.3, -0.25) is 9.48 Å². The van der Waals surface area contributed by atoms with Crippen molar-refractivity contribution in [2.75, 3.05) is 17.7 Å². The molecule has 2 aromatic rings. The Hall–Kier alpha value is -2.30. The summed E-state index contributed by atoms with van der Waals surface area (Å²) in [4.78, 5) is 12.3. The Morgan fingerprint density at radius 1 is 1.26 bits per heavy atom. The number of carbonyl (C=O) groups excluding carboxylic acids is 1. The van der Waals surface area contributed by atoms with E-state index in [-0.39, 0.29) is 5.91 Å². The van der Waals surface area contributed by atoms with Gasteiger partial charge in [0.1, 0.15) is 5.82 Å². The van der Waals surface area contributed by atoms with E-state index in [4.69, 9.17) is 0 Å². The van der Waals surface area contributed by atoms with Gasteiger partial charge in [0.2, 0.25) is 0 Å². The molecule has 0 radical (unpaired) electrons. The van der Waals surface area contributed by atoms with Crippen molar-refractivity contribution in [3.8, 4) is 0 Å². The molecule has 1 aromatic carbocycles. The highest BCUT2D eigenvalue weighted by molar-refractivity contribution is 6.07. The first-order chi connectivity index (χ1) is 9.01. The third-order valence-electron chi connectivity index (χ3n) is 2.93. The van der Waals surface area contributed by atoms with E-state index in [1.807, 2.05) is 38.1 Å². The molecule has 0 unspecified atom stereocenters. The Kier molecular flexibility index (Phi) is 3.55. The second kappa shape index (κ2) is 5.14. The Morgan fingerprint density at radius 3 is 2.58 bits per heavy atom. The first kappa shape index (κ1) is 13.1. The molecule has 1 heterocycles. The number of rotatable bonds is 3. The van der Waals surface area contributed by atoms with Crippen LogP contribution in [0.25, 0.3) is 0 Å². The molecule has 5 nitrogen and oxygen atoms in total. The van der Waals surface area contributed by atoms with Crippen molar-refractivity contribution in [3.63, 3.8) is 0 Å². The van der Waals surface area contributed by atoms with Gasteiger partial charge in [-0.1, -0.05) is 11.6 Å². The molecule has 2 N–H and O–H groups in total. The molecule has 5 heteroatoms. The fourth-order valence-electron chi connectivity index (χ4n) is 1.98. The molecule has 100 valence electrons. The Bertz CT molecular complexity index is 616. The van der Waals surface area contributed by atoms with E-state index in [0.717, 1.165) is 16.9 Å². The van der Waals surface area contributed by atoms with Gasteiger partial charge in [0.25, 0.3) is 5.91 Å². The van der Waals surface area contributed by atoms with Gasteiger partial charge in [0, 0.05) is 25.8 Å². The second-order valence-electron chi connectivity index (χ2n) is 4.55. The third kappa shape index (κ3) is 2.76. The van der Waals surface area contributed by atoms with Crippen LogP contribution in [-0.2, 0) is 7.05 Å². The molecule has 0 atom stereocenters. The first-order valence-electron chi connectivity index (χ1n) is 6.11. The maximum atomic E-state index is 12.3. The summed E-state index contributed by atoms with van der Waals surface area (Å²) in [6.45, 7) is 3.85. The number of nitrogens with zero attached hydrogens (tertiary/aromatic N) is 2. The minimum absolute atomic E-state index is 0.143. The molecule has 19 heavy (non-hydrogen) atoms. The number of nitrogens with one attached hydrogen (secondary N) is 2. The number of benzene rings is 1. The van der Waals surface area contributed by atoms with Crippen LogP contribution in [0.2, 0.25) is 0 Å². The van der Waals surface area contributed by atoms with Gasteiger partial charge < -0.3 is 10.6 Å². The van der Waals surface area contributed by atoms with E-state index in [2.05, 4.69) is 15.7 Å². The number of hydrogen-bond donors (Lipinski definition) is 2. The van der Waals surface area contributed by atoms with Gasteiger partial charge in [-0.05, 0) is 26.0 Å². The summed E-state index contributed by atoms with van der Waals surface area (Å²) >= 11 is 0. The summed E-state index contributed by atoms with van der Waals surface area (Å²) in [6, 6.07) is 7.58. The molecule has 0 aliphatic carbocycles. The SMILES string of the molecule is CNc1ccc(C)cc1C(=O)Nc1cc(C)nn1C. The number of hydrogen-bond acceptors (Lipinski definition) is 3. The van der Waals surface area contributed by atoms with Crippen molar-refractivity contribution in [2.45, 2.75) is 13.8 Å². The molecule has 0 spiro atoms. The van der Waals surface area contributed by atoms with Gasteiger partial charge in [-0.2, -0.15) is 5.10 Å². The average Bonchev–Trinajstić information content (AvgIpc) is 2.67. The fraction of sp³-hybridized carbons (Fsp3) is 0.286. The normalized spacial score (nSPS) is 10.3. The van der Waals surface area contributed by atoms with Gasteiger partial charge >= 0.3 is 0 Å². The lowest BCUT2D eigenvalue weighted by atomic mass is 10.1. The maximum Gasteiger partial charge on any atom is 0.258 e. The predicted octanol–water partition coefficient (Wildman–Crippen LogP) is 2.33. The monoisotopic (exact) mass is 258 g/mol. The van der Waals surface area contributed by atoms with Crippen LogP contribution in [0.4, 0.5) is 11.5 Å². The van der Waals surface area contributed by atoms with E-state index < -0.39 is 0 Å².